The van der Waals surface area contributed by atoms with Crippen LogP contribution in [0.3, 0.4) is 0 Å². The molecule has 0 saturated carbocycles. The monoisotopic (exact) mass is 1110 g/mol. The van der Waals surface area contributed by atoms with E-state index in [0.717, 1.165) is 44.9 Å². The third-order valence-electron chi connectivity index (χ3n) is 15.8. The number of hydrogen-bond donors (Lipinski definition) is 9. The van der Waals surface area contributed by atoms with Gasteiger partial charge in [0.2, 0.25) is 5.91 Å². The van der Waals surface area contributed by atoms with Crippen molar-refractivity contribution in [3.8, 4) is 0 Å². The van der Waals surface area contributed by atoms with E-state index >= 15 is 0 Å². The summed E-state index contributed by atoms with van der Waals surface area (Å²) in [5.41, 5.74) is 0. The highest BCUT2D eigenvalue weighted by Gasteiger charge is 2.51. The summed E-state index contributed by atoms with van der Waals surface area (Å²) in [4.78, 5) is 13.2. The second kappa shape index (κ2) is 49.8. The van der Waals surface area contributed by atoms with Crippen LogP contribution >= 0.6 is 0 Å². The number of aliphatic hydroxyl groups excluding tert-OH is 8. The molecule has 2 aliphatic heterocycles. The van der Waals surface area contributed by atoms with Gasteiger partial charge in [0.05, 0.1) is 32.0 Å². The third-order valence-corrected chi connectivity index (χ3v) is 15.8. The van der Waals surface area contributed by atoms with Crippen LogP contribution in [0.5, 0.6) is 0 Å². The fourth-order valence-corrected chi connectivity index (χ4v) is 10.6. The smallest absolute Gasteiger partial charge is 0.220 e. The lowest BCUT2D eigenvalue weighted by atomic mass is 9.97. The van der Waals surface area contributed by atoms with Crippen molar-refractivity contribution in [2.24, 2.45) is 0 Å². The molecule has 78 heavy (non-hydrogen) atoms. The molecule has 2 saturated heterocycles. The molecule has 0 spiro atoms. The minimum Gasteiger partial charge on any atom is -0.394 e. The predicted octanol–water partition coefficient (Wildman–Crippen LogP) is 11.8. The maximum Gasteiger partial charge on any atom is 0.220 e. The number of nitrogens with one attached hydrogen (secondary N) is 1. The molecule has 12 unspecified atom stereocenters. The molecule has 2 rings (SSSR count). The summed E-state index contributed by atoms with van der Waals surface area (Å²) in [7, 11) is 0. The molecule has 12 atom stereocenters. The van der Waals surface area contributed by atoms with Crippen molar-refractivity contribution in [2.75, 3.05) is 19.8 Å². The first-order valence-corrected chi connectivity index (χ1v) is 32.2. The van der Waals surface area contributed by atoms with E-state index in [2.05, 4.69) is 43.5 Å². The van der Waals surface area contributed by atoms with Gasteiger partial charge in [0.15, 0.2) is 12.6 Å². The van der Waals surface area contributed by atoms with Crippen molar-refractivity contribution in [3.05, 3.63) is 36.5 Å². The van der Waals surface area contributed by atoms with Crippen molar-refractivity contribution in [3.63, 3.8) is 0 Å². The van der Waals surface area contributed by atoms with Gasteiger partial charge in [-0.05, 0) is 44.9 Å². The van der Waals surface area contributed by atoms with Crippen molar-refractivity contribution >= 4 is 5.91 Å². The van der Waals surface area contributed by atoms with E-state index < -0.39 is 86.8 Å². The van der Waals surface area contributed by atoms with E-state index in [0.29, 0.717) is 12.8 Å². The number of aliphatic hydroxyl groups is 8. The quantitative estimate of drug-likeness (QED) is 0.0204. The molecule has 1 amide bonds. The van der Waals surface area contributed by atoms with Gasteiger partial charge in [-0.3, -0.25) is 4.79 Å². The fraction of sp³-hybridized carbons (Fsp3) is 0.891. The Bertz CT molecular complexity index is 1450. The van der Waals surface area contributed by atoms with E-state index in [4.69, 9.17) is 18.9 Å². The standard InChI is InChI=1S/C64H119NO13/c1-3-5-7-9-11-13-15-17-18-19-20-21-22-23-24-25-26-27-28-29-30-31-32-33-34-35-36-37-39-41-43-45-47-53(68)52(65-56(69)48-46-44-42-40-38-16-14-12-10-8-6-4-2)51-75-63-61(74)59(72)62(55(50-67)77-63)78-64-60(73)58(71)57(70)54(49-66)76-64/h33-34,37,39,45,47,52-55,57-64,66-68,70-74H,3-32,35-36,38,40-44,46,48-51H2,1-2H3,(H,65,69)/b34-33+,39-37+,47-45+. The highest BCUT2D eigenvalue weighted by atomic mass is 16.7. The van der Waals surface area contributed by atoms with E-state index in [-0.39, 0.29) is 18.9 Å². The SMILES string of the molecule is CCCCCCCCCCCCCCCCCCCCCCCC/C=C/CC/C=C/CC/C=C/C(O)C(COC1OC(CO)C(OC2OC(CO)C(O)C(O)C2O)C(O)C1O)NC(=O)CCCCCCCCCCCCCC. The minimum absolute atomic E-state index is 0.252. The summed E-state index contributed by atoms with van der Waals surface area (Å²) in [6.45, 7) is 2.78. The van der Waals surface area contributed by atoms with Gasteiger partial charge in [0.1, 0.15) is 48.8 Å². The van der Waals surface area contributed by atoms with Gasteiger partial charge in [-0.25, -0.2) is 0 Å². The van der Waals surface area contributed by atoms with Crippen LogP contribution in [0, 0.1) is 0 Å². The van der Waals surface area contributed by atoms with Crippen LogP contribution in [0.1, 0.15) is 271 Å². The average Bonchev–Trinajstić information content (AvgIpc) is 3.44. The van der Waals surface area contributed by atoms with E-state index in [1.807, 2.05) is 6.08 Å². The molecular formula is C64H119NO13. The zero-order valence-electron chi connectivity index (χ0n) is 49.4. The molecule has 0 radical (unpaired) electrons. The molecule has 9 N–H and O–H groups in total. The Labute approximate surface area is 474 Å². The largest absolute Gasteiger partial charge is 0.394 e. The van der Waals surface area contributed by atoms with E-state index in [9.17, 15) is 45.6 Å². The van der Waals surface area contributed by atoms with Crippen LogP contribution in [0.4, 0.5) is 0 Å². The maximum absolute atomic E-state index is 13.2. The lowest BCUT2D eigenvalue weighted by Crippen LogP contribution is -2.65. The van der Waals surface area contributed by atoms with Crippen LogP contribution in [0.25, 0.3) is 0 Å². The molecule has 0 aromatic carbocycles. The third kappa shape index (κ3) is 34.6. The molecule has 14 heteroatoms. The first-order valence-electron chi connectivity index (χ1n) is 32.2. The molecule has 0 aliphatic carbocycles. The van der Waals surface area contributed by atoms with Crippen LogP contribution in [0.15, 0.2) is 36.5 Å². The number of carbonyl (C=O) groups excluding carboxylic acids is 1. The number of amides is 1. The van der Waals surface area contributed by atoms with E-state index in [1.165, 1.54) is 193 Å². The normalized spacial score (nSPS) is 24.7. The van der Waals surface area contributed by atoms with Gasteiger partial charge in [0, 0.05) is 6.42 Å². The van der Waals surface area contributed by atoms with Crippen LogP contribution in [-0.2, 0) is 23.7 Å². The topological polar surface area (TPSA) is 228 Å². The highest BCUT2D eigenvalue weighted by molar-refractivity contribution is 5.76. The van der Waals surface area contributed by atoms with Gasteiger partial charge >= 0.3 is 0 Å². The summed E-state index contributed by atoms with van der Waals surface area (Å²) >= 11 is 0. The van der Waals surface area contributed by atoms with Crippen molar-refractivity contribution < 1.29 is 64.6 Å². The van der Waals surface area contributed by atoms with Crippen LogP contribution in [-0.4, -0.2) is 140 Å². The van der Waals surface area contributed by atoms with Crippen LogP contribution < -0.4 is 5.32 Å². The zero-order chi connectivity index (χ0) is 56.7. The van der Waals surface area contributed by atoms with Crippen LogP contribution in [0.2, 0.25) is 0 Å². The minimum atomic E-state index is -1.79. The Morgan fingerprint density at radius 2 is 0.821 bits per heavy atom. The maximum atomic E-state index is 13.2. The second-order valence-electron chi connectivity index (χ2n) is 22.9. The Morgan fingerprint density at radius 3 is 1.26 bits per heavy atom. The summed E-state index contributed by atoms with van der Waals surface area (Å²) in [6.07, 6.45) is 45.1. The number of carbonyl (C=O) groups is 1. The molecule has 2 aliphatic rings. The Kier molecular flexibility index (Phi) is 46.2. The lowest BCUT2D eigenvalue weighted by molar-refractivity contribution is -0.359. The van der Waals surface area contributed by atoms with Gasteiger partial charge in [-0.2, -0.15) is 0 Å². The summed E-state index contributed by atoms with van der Waals surface area (Å²) < 4.78 is 22.7. The van der Waals surface area contributed by atoms with Crippen molar-refractivity contribution in [1.82, 2.24) is 5.32 Å². The lowest BCUT2D eigenvalue weighted by Gasteiger charge is -2.46. The number of allylic oxidation sites excluding steroid dienone is 5. The summed E-state index contributed by atoms with van der Waals surface area (Å²) in [6, 6.07) is -0.935. The molecule has 14 nitrogen and oxygen atoms in total. The number of hydrogen-bond acceptors (Lipinski definition) is 13. The first-order chi connectivity index (χ1) is 38.1. The molecule has 2 heterocycles. The summed E-state index contributed by atoms with van der Waals surface area (Å²) in [5.74, 6) is -0.252. The van der Waals surface area contributed by atoms with Gasteiger partial charge in [-0.15, -0.1) is 0 Å². The predicted molar refractivity (Wildman–Crippen MR) is 314 cm³/mol. The highest BCUT2D eigenvalue weighted by Crippen LogP contribution is 2.30. The molecule has 0 bridgehead atoms. The molecule has 0 aromatic heterocycles. The van der Waals surface area contributed by atoms with Crippen molar-refractivity contribution in [2.45, 2.75) is 344 Å². The van der Waals surface area contributed by atoms with Crippen molar-refractivity contribution in [1.29, 1.82) is 0 Å². The number of rotatable bonds is 52. The number of unbranched alkanes of at least 4 members (excludes halogenated alkanes) is 35. The van der Waals surface area contributed by atoms with E-state index in [1.54, 1.807) is 6.08 Å². The molecule has 0 aromatic rings. The van der Waals surface area contributed by atoms with Gasteiger partial charge < -0.3 is 65.1 Å². The summed E-state index contributed by atoms with van der Waals surface area (Å²) in [5, 5.41) is 87.0. The average molecular weight is 1110 g/mol. The molecule has 2 fully saturated rings. The number of ether oxygens (including phenoxy) is 4. The Balaban J connectivity index is 1.68. The molecular weight excluding hydrogens is 991 g/mol. The van der Waals surface area contributed by atoms with Gasteiger partial charge in [0.25, 0.3) is 0 Å². The Hall–Kier alpha value is -1.79. The fourth-order valence-electron chi connectivity index (χ4n) is 10.6. The zero-order valence-corrected chi connectivity index (χ0v) is 49.4. The Morgan fingerprint density at radius 1 is 0.449 bits per heavy atom. The van der Waals surface area contributed by atoms with Gasteiger partial charge in [-0.1, -0.05) is 256 Å². The first kappa shape index (κ1) is 72.3. The molecule has 458 valence electrons. The second-order valence-corrected chi connectivity index (χ2v) is 22.9.